The quantitative estimate of drug-likeness (QED) is 0.872. The van der Waals surface area contributed by atoms with Gasteiger partial charge in [0.1, 0.15) is 11.2 Å². The van der Waals surface area contributed by atoms with Crippen LogP contribution in [0.3, 0.4) is 0 Å². The maximum absolute atomic E-state index is 12.1. The fraction of sp³-hybridized carbons (Fsp3) is 0.400. The number of hydrogen-bond donors (Lipinski definition) is 1. The van der Waals surface area contributed by atoms with Crippen LogP contribution in [-0.2, 0) is 9.47 Å². The monoisotopic (exact) mass is 305 g/mol. The van der Waals surface area contributed by atoms with Crippen LogP contribution >= 0.6 is 0 Å². The lowest BCUT2D eigenvalue weighted by Gasteiger charge is -2.19. The average molecular weight is 305 g/mol. The summed E-state index contributed by atoms with van der Waals surface area (Å²) in [7, 11) is 0. The van der Waals surface area contributed by atoms with Crippen molar-refractivity contribution in [3.63, 3.8) is 0 Å². The van der Waals surface area contributed by atoms with Crippen LogP contribution in [0.1, 0.15) is 48.4 Å². The van der Waals surface area contributed by atoms with E-state index in [0.717, 1.165) is 0 Å². The summed E-state index contributed by atoms with van der Waals surface area (Å²) in [5.41, 5.74) is 6.02. The number of hydrogen-bond acceptors (Lipinski definition) is 6. The van der Waals surface area contributed by atoms with E-state index in [4.69, 9.17) is 15.2 Å². The summed E-state index contributed by atoms with van der Waals surface area (Å²) < 4.78 is 11.7. The second-order valence-corrected chi connectivity index (χ2v) is 5.73. The van der Waals surface area contributed by atoms with E-state index >= 15 is 0 Å². The molecule has 2 heterocycles. The van der Waals surface area contributed by atoms with Crippen molar-refractivity contribution in [2.75, 3.05) is 12.3 Å². The average Bonchev–Trinajstić information content (AvgIpc) is 2.71. The molecule has 0 atom stereocenters. The van der Waals surface area contributed by atoms with Gasteiger partial charge in [0.2, 0.25) is 0 Å². The number of anilines is 1. The molecule has 2 aromatic heterocycles. The second-order valence-electron chi connectivity index (χ2n) is 5.73. The highest BCUT2D eigenvalue weighted by molar-refractivity contribution is 6.03. The summed E-state index contributed by atoms with van der Waals surface area (Å²) in [6, 6.07) is 3.08. The number of ether oxygens (including phenoxy) is 2. The summed E-state index contributed by atoms with van der Waals surface area (Å²) in [4.78, 5) is 24.1. The third-order valence-electron chi connectivity index (χ3n) is 2.78. The number of carbonyl (C=O) groups excluding carboxylic acids is 2. The van der Waals surface area contributed by atoms with Crippen molar-refractivity contribution in [3.05, 3.63) is 29.5 Å². The van der Waals surface area contributed by atoms with Crippen LogP contribution in [0.2, 0.25) is 0 Å². The second kappa shape index (κ2) is 5.67. The normalized spacial score (nSPS) is 11.5. The Bertz CT molecular complexity index is 728. The fourth-order valence-corrected chi connectivity index (χ4v) is 1.94. The molecule has 0 unspecified atom stereocenters. The Labute approximate surface area is 128 Å². The molecule has 0 radical (unpaired) electrons. The molecule has 2 N–H and O–H groups in total. The Morgan fingerprint density at radius 3 is 2.59 bits per heavy atom. The molecule has 0 aliphatic carbocycles. The lowest BCUT2D eigenvalue weighted by molar-refractivity contribution is 0.00691. The van der Waals surface area contributed by atoms with Crippen molar-refractivity contribution in [1.29, 1.82) is 0 Å². The SMILES string of the molecule is CCOC(=O)c1c(N)nn2ccc(C(=O)OC(C)(C)C)cc12. The minimum Gasteiger partial charge on any atom is -0.462 e. The highest BCUT2D eigenvalue weighted by Crippen LogP contribution is 2.21. The summed E-state index contributed by atoms with van der Waals surface area (Å²) in [5.74, 6) is -0.999. The van der Waals surface area contributed by atoms with Crippen LogP contribution in [0.4, 0.5) is 5.82 Å². The number of nitrogens with two attached hydrogens (primary N) is 1. The Hall–Kier alpha value is -2.57. The maximum atomic E-state index is 12.1. The van der Waals surface area contributed by atoms with Crippen molar-refractivity contribution in [2.24, 2.45) is 0 Å². The predicted molar refractivity (Wildman–Crippen MR) is 80.7 cm³/mol. The van der Waals surface area contributed by atoms with E-state index in [-0.39, 0.29) is 18.0 Å². The van der Waals surface area contributed by atoms with Gasteiger partial charge in [0.15, 0.2) is 5.82 Å². The third-order valence-corrected chi connectivity index (χ3v) is 2.78. The van der Waals surface area contributed by atoms with Gasteiger partial charge in [-0.2, -0.15) is 0 Å². The maximum Gasteiger partial charge on any atom is 0.344 e. The smallest absolute Gasteiger partial charge is 0.344 e. The summed E-state index contributed by atoms with van der Waals surface area (Å²) >= 11 is 0. The zero-order valence-corrected chi connectivity index (χ0v) is 13.0. The van der Waals surface area contributed by atoms with Crippen LogP contribution in [-0.4, -0.2) is 33.8 Å². The van der Waals surface area contributed by atoms with Crippen LogP contribution in [0.25, 0.3) is 5.52 Å². The number of pyridine rings is 1. The Morgan fingerprint density at radius 2 is 2.00 bits per heavy atom. The standard InChI is InChI=1S/C15H19N3O4/c1-5-21-14(20)11-10-8-9(13(19)22-15(2,3)4)6-7-18(10)17-12(11)16/h6-8H,5H2,1-4H3,(H2,16,17). The van der Waals surface area contributed by atoms with Gasteiger partial charge in [-0.3, -0.25) is 0 Å². The summed E-state index contributed by atoms with van der Waals surface area (Å²) in [6.07, 6.45) is 1.55. The first kappa shape index (κ1) is 15.8. The van der Waals surface area contributed by atoms with E-state index in [1.54, 1.807) is 40.0 Å². The number of aromatic nitrogens is 2. The van der Waals surface area contributed by atoms with E-state index in [1.807, 2.05) is 0 Å². The molecule has 2 rings (SSSR count). The molecule has 2 aromatic rings. The number of fused-ring (bicyclic) bond motifs is 1. The van der Waals surface area contributed by atoms with Crippen molar-refractivity contribution in [2.45, 2.75) is 33.3 Å². The van der Waals surface area contributed by atoms with E-state index in [1.165, 1.54) is 10.6 Å². The van der Waals surface area contributed by atoms with Gasteiger partial charge in [-0.05, 0) is 39.8 Å². The number of nitrogen functional groups attached to an aromatic ring is 1. The van der Waals surface area contributed by atoms with Gasteiger partial charge in [-0.1, -0.05) is 0 Å². The molecule has 0 saturated carbocycles. The number of esters is 2. The van der Waals surface area contributed by atoms with Crippen LogP contribution in [0.15, 0.2) is 18.3 Å². The predicted octanol–water partition coefficient (Wildman–Crippen LogP) is 2.05. The van der Waals surface area contributed by atoms with Gasteiger partial charge >= 0.3 is 11.9 Å². The van der Waals surface area contributed by atoms with Crippen molar-refractivity contribution in [3.8, 4) is 0 Å². The highest BCUT2D eigenvalue weighted by atomic mass is 16.6. The van der Waals surface area contributed by atoms with Gasteiger partial charge in [-0.25, -0.2) is 14.1 Å². The lowest BCUT2D eigenvalue weighted by atomic mass is 10.1. The number of rotatable bonds is 3. The Morgan fingerprint density at radius 1 is 1.32 bits per heavy atom. The minimum absolute atomic E-state index is 0.0554. The van der Waals surface area contributed by atoms with Gasteiger partial charge in [0, 0.05) is 6.20 Å². The van der Waals surface area contributed by atoms with Crippen molar-refractivity contribution >= 4 is 23.3 Å². The minimum atomic E-state index is -0.605. The molecule has 0 aromatic carbocycles. The molecular weight excluding hydrogens is 286 g/mol. The fourth-order valence-electron chi connectivity index (χ4n) is 1.94. The molecule has 0 saturated heterocycles. The van der Waals surface area contributed by atoms with Crippen molar-refractivity contribution < 1.29 is 19.1 Å². The molecular formula is C15H19N3O4. The van der Waals surface area contributed by atoms with Gasteiger partial charge in [-0.15, -0.1) is 5.10 Å². The third kappa shape index (κ3) is 3.19. The zero-order chi connectivity index (χ0) is 16.5. The van der Waals surface area contributed by atoms with Crippen LogP contribution < -0.4 is 5.73 Å². The summed E-state index contributed by atoms with van der Waals surface area (Å²) in [5, 5.41) is 4.03. The van der Waals surface area contributed by atoms with Crippen LogP contribution in [0, 0.1) is 0 Å². The molecule has 0 fully saturated rings. The number of carbonyl (C=O) groups is 2. The molecule has 7 nitrogen and oxygen atoms in total. The lowest BCUT2D eigenvalue weighted by Crippen LogP contribution is -2.24. The first-order chi connectivity index (χ1) is 10.2. The van der Waals surface area contributed by atoms with E-state index in [2.05, 4.69) is 5.10 Å². The molecule has 7 heteroatoms. The van der Waals surface area contributed by atoms with E-state index in [9.17, 15) is 9.59 Å². The molecule has 0 aliphatic heterocycles. The topological polar surface area (TPSA) is 95.9 Å². The van der Waals surface area contributed by atoms with Crippen molar-refractivity contribution in [1.82, 2.24) is 9.61 Å². The Balaban J connectivity index is 2.47. The molecule has 118 valence electrons. The van der Waals surface area contributed by atoms with E-state index < -0.39 is 17.5 Å². The Kier molecular flexibility index (Phi) is 4.07. The summed E-state index contributed by atoms with van der Waals surface area (Å²) in [6.45, 7) is 7.27. The van der Waals surface area contributed by atoms with Gasteiger partial charge < -0.3 is 15.2 Å². The first-order valence-electron chi connectivity index (χ1n) is 6.91. The first-order valence-corrected chi connectivity index (χ1v) is 6.91. The molecule has 0 bridgehead atoms. The molecule has 0 aliphatic rings. The number of nitrogens with zero attached hydrogens (tertiary/aromatic N) is 2. The molecule has 22 heavy (non-hydrogen) atoms. The largest absolute Gasteiger partial charge is 0.462 e. The van der Waals surface area contributed by atoms with Crippen LogP contribution in [0.5, 0.6) is 0 Å². The molecule has 0 spiro atoms. The highest BCUT2D eigenvalue weighted by Gasteiger charge is 2.22. The zero-order valence-electron chi connectivity index (χ0n) is 13.0. The molecule has 0 amide bonds. The van der Waals surface area contributed by atoms with Gasteiger partial charge in [0.25, 0.3) is 0 Å². The van der Waals surface area contributed by atoms with E-state index in [0.29, 0.717) is 11.1 Å². The van der Waals surface area contributed by atoms with Gasteiger partial charge in [0.05, 0.1) is 17.7 Å².